The molecule has 0 saturated carbocycles. The molecule has 1 aromatic carbocycles. The minimum Gasteiger partial charge on any atom is -0.365 e. The number of nitrogens with one attached hydrogen (secondary N) is 1. The minimum atomic E-state index is -4.56. The predicted molar refractivity (Wildman–Crippen MR) is 124 cm³/mol. The van der Waals surface area contributed by atoms with Gasteiger partial charge in [-0.25, -0.2) is 15.0 Å². The predicted octanol–water partition coefficient (Wildman–Crippen LogP) is 4.12. The summed E-state index contributed by atoms with van der Waals surface area (Å²) in [7, 11) is 0. The van der Waals surface area contributed by atoms with Crippen molar-refractivity contribution in [2.24, 2.45) is 16.1 Å². The highest BCUT2D eigenvalue weighted by Gasteiger charge is 2.36. The lowest BCUT2D eigenvalue weighted by molar-refractivity contribution is -0.141. The average molecular weight is 482 g/mol. The van der Waals surface area contributed by atoms with Gasteiger partial charge in [-0.2, -0.15) is 13.2 Å². The van der Waals surface area contributed by atoms with Crippen molar-refractivity contribution >= 4 is 34.2 Å². The Balaban J connectivity index is 1.59. The van der Waals surface area contributed by atoms with Gasteiger partial charge in [-0.05, 0) is 56.2 Å². The van der Waals surface area contributed by atoms with Crippen LogP contribution in [0.25, 0.3) is 22.4 Å². The van der Waals surface area contributed by atoms with E-state index in [2.05, 4.69) is 25.3 Å². The number of halogens is 3. The zero-order chi connectivity index (χ0) is 25.5. The van der Waals surface area contributed by atoms with Crippen LogP contribution in [-0.2, 0) is 15.8 Å². The summed E-state index contributed by atoms with van der Waals surface area (Å²) in [6.07, 6.45) is -0.213. The number of aliphatic imine (C=N–C) groups is 1. The van der Waals surface area contributed by atoms with E-state index in [-0.39, 0.29) is 23.6 Å². The minimum absolute atomic E-state index is 0.0503. The molecule has 35 heavy (non-hydrogen) atoms. The number of aromatic nitrogens is 3. The highest BCUT2D eigenvalue weighted by molar-refractivity contribution is 6.39. The number of nitrogens with two attached hydrogens (primary N) is 1. The number of pyridine rings is 1. The standard InChI is InChI=1S/C24H21F3N6O2/c1-12-8-14(21-30-11-17-19(33-21)13(2)9-18(31-17)24(25,26)27)4-5-15(12)32-22(35)23(3)6-7-29-16(10-23)20(28)34/h4-9,11H,10H2,1-3H3,(H2,28,34)(H,32,35). The molecule has 1 aliphatic heterocycles. The van der Waals surface area contributed by atoms with Crippen molar-refractivity contribution in [1.29, 1.82) is 0 Å². The van der Waals surface area contributed by atoms with E-state index in [1.807, 2.05) is 0 Å². The molecular weight excluding hydrogens is 461 g/mol. The van der Waals surface area contributed by atoms with Gasteiger partial charge in [0.2, 0.25) is 5.91 Å². The molecule has 3 aromatic rings. The Labute approximate surface area is 198 Å². The molecule has 1 aliphatic rings. The number of amides is 2. The molecule has 3 N–H and O–H groups in total. The summed E-state index contributed by atoms with van der Waals surface area (Å²) in [5, 5.41) is 2.86. The summed E-state index contributed by atoms with van der Waals surface area (Å²) in [5.74, 6) is -0.695. The second-order valence-electron chi connectivity index (χ2n) is 8.58. The Morgan fingerprint density at radius 3 is 2.51 bits per heavy atom. The van der Waals surface area contributed by atoms with Gasteiger partial charge in [0.15, 0.2) is 5.82 Å². The number of primary amides is 1. The molecule has 0 spiro atoms. The molecule has 0 bridgehead atoms. The smallest absolute Gasteiger partial charge is 0.365 e. The van der Waals surface area contributed by atoms with Crippen LogP contribution in [0.15, 0.2) is 47.7 Å². The Kier molecular flexibility index (Phi) is 5.87. The van der Waals surface area contributed by atoms with Crippen molar-refractivity contribution in [2.45, 2.75) is 33.4 Å². The maximum absolute atomic E-state index is 13.0. The molecule has 180 valence electrons. The second kappa shape index (κ2) is 8.57. The summed E-state index contributed by atoms with van der Waals surface area (Å²) in [5.41, 5.74) is 6.02. The van der Waals surface area contributed by atoms with E-state index in [1.54, 1.807) is 38.1 Å². The van der Waals surface area contributed by atoms with E-state index in [0.717, 1.165) is 6.07 Å². The zero-order valence-electron chi connectivity index (χ0n) is 19.1. The van der Waals surface area contributed by atoms with Gasteiger partial charge >= 0.3 is 6.18 Å². The number of benzene rings is 1. The number of hydrogen-bond donors (Lipinski definition) is 2. The average Bonchev–Trinajstić information content (AvgIpc) is 2.79. The number of carbonyl (C=O) groups excluding carboxylic acids is 2. The molecule has 1 atom stereocenters. The molecular formula is C24H21F3N6O2. The Bertz CT molecular complexity index is 1430. The summed E-state index contributed by atoms with van der Waals surface area (Å²) < 4.78 is 39.1. The Morgan fingerprint density at radius 2 is 1.86 bits per heavy atom. The van der Waals surface area contributed by atoms with Crippen molar-refractivity contribution in [2.75, 3.05) is 5.32 Å². The molecule has 2 aromatic heterocycles. The third-order valence-corrected chi connectivity index (χ3v) is 5.77. The number of alkyl halides is 3. The maximum Gasteiger partial charge on any atom is 0.433 e. The molecule has 11 heteroatoms. The van der Waals surface area contributed by atoms with Crippen LogP contribution in [0.2, 0.25) is 0 Å². The molecule has 0 aliphatic carbocycles. The lowest BCUT2D eigenvalue weighted by atomic mass is 9.82. The van der Waals surface area contributed by atoms with Crippen LogP contribution in [0, 0.1) is 19.3 Å². The van der Waals surface area contributed by atoms with E-state index in [9.17, 15) is 22.8 Å². The van der Waals surface area contributed by atoms with Crippen LogP contribution >= 0.6 is 0 Å². The number of hydrogen-bond acceptors (Lipinski definition) is 6. The largest absolute Gasteiger partial charge is 0.433 e. The topological polar surface area (TPSA) is 123 Å². The van der Waals surface area contributed by atoms with Crippen LogP contribution in [0.1, 0.15) is 30.2 Å². The van der Waals surface area contributed by atoms with Gasteiger partial charge in [0.25, 0.3) is 5.91 Å². The summed E-state index contributed by atoms with van der Waals surface area (Å²) in [4.78, 5) is 40.6. The number of rotatable bonds is 4. The van der Waals surface area contributed by atoms with Crippen LogP contribution in [0.5, 0.6) is 0 Å². The van der Waals surface area contributed by atoms with Crippen LogP contribution < -0.4 is 11.1 Å². The van der Waals surface area contributed by atoms with Gasteiger partial charge in [0, 0.05) is 23.9 Å². The molecule has 1 unspecified atom stereocenters. The Morgan fingerprint density at radius 1 is 1.11 bits per heavy atom. The monoisotopic (exact) mass is 482 g/mol. The number of anilines is 1. The molecule has 0 radical (unpaired) electrons. The highest BCUT2D eigenvalue weighted by Crippen LogP contribution is 2.32. The second-order valence-corrected chi connectivity index (χ2v) is 8.58. The van der Waals surface area contributed by atoms with Gasteiger partial charge in [0.05, 0.1) is 17.1 Å². The normalized spacial score (nSPS) is 17.8. The fourth-order valence-corrected chi connectivity index (χ4v) is 3.73. The number of nitrogens with zero attached hydrogens (tertiary/aromatic N) is 4. The fourth-order valence-electron chi connectivity index (χ4n) is 3.73. The van der Waals surface area contributed by atoms with Gasteiger partial charge in [-0.1, -0.05) is 6.08 Å². The van der Waals surface area contributed by atoms with Crippen LogP contribution in [-0.4, -0.2) is 32.5 Å². The molecule has 3 heterocycles. The van der Waals surface area contributed by atoms with Crippen molar-refractivity contribution < 1.29 is 22.8 Å². The fraction of sp³-hybridized carbons (Fsp3) is 0.250. The van der Waals surface area contributed by atoms with Crippen LogP contribution in [0.4, 0.5) is 18.9 Å². The van der Waals surface area contributed by atoms with E-state index >= 15 is 0 Å². The van der Waals surface area contributed by atoms with Gasteiger partial charge in [-0.3, -0.25) is 14.6 Å². The van der Waals surface area contributed by atoms with Crippen molar-refractivity contribution in [3.05, 3.63) is 59.6 Å². The summed E-state index contributed by atoms with van der Waals surface area (Å²) in [6.45, 7) is 5.01. The third-order valence-electron chi connectivity index (χ3n) is 5.77. The summed E-state index contributed by atoms with van der Waals surface area (Å²) in [6, 6.07) is 6.11. The number of carbonyl (C=O) groups is 2. The molecule has 0 fully saturated rings. The summed E-state index contributed by atoms with van der Waals surface area (Å²) >= 11 is 0. The number of aryl methyl sites for hydroxylation is 2. The lowest BCUT2D eigenvalue weighted by Crippen LogP contribution is -2.38. The van der Waals surface area contributed by atoms with Crippen LogP contribution in [0.3, 0.4) is 0 Å². The van der Waals surface area contributed by atoms with E-state index in [4.69, 9.17) is 5.73 Å². The van der Waals surface area contributed by atoms with E-state index in [0.29, 0.717) is 33.7 Å². The SMILES string of the molecule is Cc1cc(-c2ncc3nc(C(F)(F)F)cc(C)c3n2)ccc1NC(=O)C1(C)C=CN=C(C(N)=O)C1. The van der Waals surface area contributed by atoms with Gasteiger partial charge in [0.1, 0.15) is 16.9 Å². The van der Waals surface area contributed by atoms with Gasteiger partial charge < -0.3 is 11.1 Å². The first-order valence-electron chi connectivity index (χ1n) is 10.6. The lowest BCUT2D eigenvalue weighted by Gasteiger charge is -2.27. The van der Waals surface area contributed by atoms with E-state index in [1.165, 1.54) is 19.3 Å². The van der Waals surface area contributed by atoms with Gasteiger partial charge in [-0.15, -0.1) is 0 Å². The first-order valence-corrected chi connectivity index (χ1v) is 10.6. The van der Waals surface area contributed by atoms with E-state index < -0.39 is 23.2 Å². The molecule has 4 rings (SSSR count). The van der Waals surface area contributed by atoms with Crippen molar-refractivity contribution in [1.82, 2.24) is 15.0 Å². The highest BCUT2D eigenvalue weighted by atomic mass is 19.4. The maximum atomic E-state index is 13.0. The zero-order valence-corrected chi connectivity index (χ0v) is 19.1. The first kappa shape index (κ1) is 24.0. The quantitative estimate of drug-likeness (QED) is 0.579. The van der Waals surface area contributed by atoms with Crippen molar-refractivity contribution in [3.63, 3.8) is 0 Å². The molecule has 8 nitrogen and oxygen atoms in total. The Hall–Kier alpha value is -4.15. The molecule has 2 amide bonds. The van der Waals surface area contributed by atoms with Crippen molar-refractivity contribution in [3.8, 4) is 11.4 Å². The first-order chi connectivity index (χ1) is 16.4. The number of fused-ring (bicyclic) bond motifs is 1. The third kappa shape index (κ3) is 4.75. The molecule has 0 saturated heterocycles.